The molecule has 0 atom stereocenters. The van der Waals surface area contributed by atoms with Crippen molar-refractivity contribution >= 4 is 13.3 Å². The summed E-state index contributed by atoms with van der Waals surface area (Å²) in [6, 6.07) is 2.41. The summed E-state index contributed by atoms with van der Waals surface area (Å²) in [7, 11) is 2.25. The van der Waals surface area contributed by atoms with E-state index < -0.39 is 0 Å². The van der Waals surface area contributed by atoms with Crippen LogP contribution in [-0.2, 0) is 11.8 Å². The van der Waals surface area contributed by atoms with Crippen molar-refractivity contribution in [3.8, 4) is 0 Å². The van der Waals surface area contributed by atoms with E-state index in [1.807, 2.05) is 0 Å². The average molecular weight is 244 g/mol. The van der Waals surface area contributed by atoms with E-state index in [4.69, 9.17) is 0 Å². The van der Waals surface area contributed by atoms with E-state index in [9.17, 15) is 0 Å². The van der Waals surface area contributed by atoms with Crippen molar-refractivity contribution in [2.45, 2.75) is 67.2 Å². The molecule has 0 heterocycles. The molecular formula is C17H29B. The fourth-order valence-corrected chi connectivity index (χ4v) is 2.56. The van der Waals surface area contributed by atoms with Crippen LogP contribution in [0.4, 0.5) is 0 Å². The summed E-state index contributed by atoms with van der Waals surface area (Å²) in [5.74, 6) is 0. The standard InChI is InChI=1S/C17H29B/c1-11-9-14(17(6,7)8)13(10-16(3,4)5)12(2)15(11)18/h9H,10,18H2,1-8H3. The van der Waals surface area contributed by atoms with Gasteiger partial charge in [0.05, 0.1) is 0 Å². The second kappa shape index (κ2) is 4.76. The van der Waals surface area contributed by atoms with Crippen LogP contribution in [0.1, 0.15) is 63.8 Å². The molecule has 1 heteroatoms. The summed E-state index contributed by atoms with van der Waals surface area (Å²) in [5.41, 5.74) is 8.04. The van der Waals surface area contributed by atoms with Crippen LogP contribution in [0.3, 0.4) is 0 Å². The molecule has 0 fully saturated rings. The first kappa shape index (κ1) is 15.3. The van der Waals surface area contributed by atoms with Gasteiger partial charge in [-0.1, -0.05) is 64.2 Å². The van der Waals surface area contributed by atoms with Crippen molar-refractivity contribution in [1.82, 2.24) is 0 Å². The molecule has 0 aliphatic rings. The van der Waals surface area contributed by atoms with Gasteiger partial charge in [0, 0.05) is 0 Å². The van der Waals surface area contributed by atoms with Gasteiger partial charge in [-0.25, -0.2) is 0 Å². The highest BCUT2D eigenvalue weighted by atomic mass is 14.3. The van der Waals surface area contributed by atoms with Crippen molar-refractivity contribution in [1.29, 1.82) is 0 Å². The summed E-state index contributed by atoms with van der Waals surface area (Å²) in [5, 5.41) is 0. The Morgan fingerprint density at radius 1 is 1.00 bits per heavy atom. The Balaban J connectivity index is 3.50. The highest BCUT2D eigenvalue weighted by Crippen LogP contribution is 2.32. The van der Waals surface area contributed by atoms with Gasteiger partial charge in [-0.05, 0) is 42.2 Å². The number of rotatable bonds is 1. The van der Waals surface area contributed by atoms with Crippen LogP contribution in [0, 0.1) is 19.3 Å². The van der Waals surface area contributed by atoms with Crippen LogP contribution in [0.15, 0.2) is 6.07 Å². The molecule has 0 aromatic heterocycles. The van der Waals surface area contributed by atoms with Crippen LogP contribution in [-0.4, -0.2) is 7.85 Å². The van der Waals surface area contributed by atoms with Gasteiger partial charge in [-0.3, -0.25) is 0 Å². The number of hydrogen-bond donors (Lipinski definition) is 0. The molecule has 0 amide bonds. The molecule has 0 nitrogen and oxygen atoms in total. The van der Waals surface area contributed by atoms with Crippen molar-refractivity contribution in [2.75, 3.05) is 0 Å². The fourth-order valence-electron chi connectivity index (χ4n) is 2.56. The summed E-state index contributed by atoms with van der Waals surface area (Å²) in [6.07, 6.45) is 1.16. The van der Waals surface area contributed by atoms with Gasteiger partial charge < -0.3 is 0 Å². The predicted octanol–water partition coefficient (Wildman–Crippen LogP) is 3.45. The minimum Gasteiger partial charge on any atom is -0.0830 e. The molecule has 0 N–H and O–H groups in total. The van der Waals surface area contributed by atoms with E-state index in [1.54, 1.807) is 5.56 Å². The molecule has 1 aromatic carbocycles. The lowest BCUT2D eigenvalue weighted by Crippen LogP contribution is -2.25. The third kappa shape index (κ3) is 3.40. The third-order valence-corrected chi connectivity index (χ3v) is 3.81. The van der Waals surface area contributed by atoms with E-state index in [2.05, 4.69) is 69.3 Å². The molecule has 0 saturated carbocycles. The fraction of sp³-hybridized carbons (Fsp3) is 0.647. The number of hydrogen-bond acceptors (Lipinski definition) is 0. The largest absolute Gasteiger partial charge is 0.139 e. The second-order valence-corrected chi connectivity index (χ2v) is 7.96. The molecule has 0 aliphatic carbocycles. The summed E-state index contributed by atoms with van der Waals surface area (Å²) in [4.78, 5) is 0. The Labute approximate surface area is 115 Å². The van der Waals surface area contributed by atoms with Crippen molar-refractivity contribution < 1.29 is 0 Å². The first-order chi connectivity index (χ1) is 7.93. The maximum absolute atomic E-state index is 2.41. The first-order valence-corrected chi connectivity index (χ1v) is 7.03. The molecular weight excluding hydrogens is 215 g/mol. The zero-order valence-electron chi connectivity index (χ0n) is 13.8. The molecule has 0 aliphatic heterocycles. The molecule has 1 rings (SSSR count). The van der Waals surface area contributed by atoms with E-state index in [0.29, 0.717) is 5.41 Å². The van der Waals surface area contributed by atoms with Crippen molar-refractivity contribution in [2.24, 2.45) is 5.41 Å². The molecule has 18 heavy (non-hydrogen) atoms. The van der Waals surface area contributed by atoms with Gasteiger partial charge in [-0.15, -0.1) is 0 Å². The Bertz CT molecular complexity index is 442. The lowest BCUT2D eigenvalue weighted by atomic mass is 9.72. The third-order valence-electron chi connectivity index (χ3n) is 3.81. The van der Waals surface area contributed by atoms with Crippen LogP contribution in [0.25, 0.3) is 0 Å². The average Bonchev–Trinajstić information content (AvgIpc) is 2.15. The minimum absolute atomic E-state index is 0.226. The summed E-state index contributed by atoms with van der Waals surface area (Å²) < 4.78 is 0. The predicted molar refractivity (Wildman–Crippen MR) is 86.0 cm³/mol. The first-order valence-electron chi connectivity index (χ1n) is 7.03. The maximum Gasteiger partial charge on any atom is 0.139 e. The van der Waals surface area contributed by atoms with E-state index in [0.717, 1.165) is 6.42 Å². The zero-order valence-corrected chi connectivity index (χ0v) is 13.8. The Hall–Kier alpha value is -0.715. The topological polar surface area (TPSA) is 0 Å². The van der Waals surface area contributed by atoms with Crippen LogP contribution >= 0.6 is 0 Å². The van der Waals surface area contributed by atoms with E-state index in [1.165, 1.54) is 22.2 Å². The highest BCUT2D eigenvalue weighted by molar-refractivity contribution is 6.34. The molecule has 0 radical (unpaired) electrons. The number of benzene rings is 1. The monoisotopic (exact) mass is 244 g/mol. The Morgan fingerprint density at radius 2 is 1.50 bits per heavy atom. The SMILES string of the molecule is Bc1c(C)cc(C(C)(C)C)c(CC(C)(C)C)c1C. The molecule has 0 unspecified atom stereocenters. The van der Waals surface area contributed by atoms with E-state index >= 15 is 0 Å². The quantitative estimate of drug-likeness (QED) is 0.664. The summed E-state index contributed by atoms with van der Waals surface area (Å²) >= 11 is 0. The van der Waals surface area contributed by atoms with Gasteiger partial charge in [0.25, 0.3) is 0 Å². The molecule has 0 saturated heterocycles. The van der Waals surface area contributed by atoms with Crippen LogP contribution in [0.2, 0.25) is 0 Å². The van der Waals surface area contributed by atoms with Crippen LogP contribution < -0.4 is 5.46 Å². The maximum atomic E-state index is 2.41. The van der Waals surface area contributed by atoms with Crippen molar-refractivity contribution in [3.63, 3.8) is 0 Å². The van der Waals surface area contributed by atoms with Gasteiger partial charge >= 0.3 is 0 Å². The molecule has 0 bridgehead atoms. The molecule has 1 aromatic rings. The summed E-state index contributed by atoms with van der Waals surface area (Å²) in [6.45, 7) is 18.5. The molecule has 100 valence electrons. The van der Waals surface area contributed by atoms with Crippen LogP contribution in [0.5, 0.6) is 0 Å². The Kier molecular flexibility index (Phi) is 4.05. The van der Waals surface area contributed by atoms with Gasteiger partial charge in [0.2, 0.25) is 0 Å². The Morgan fingerprint density at radius 3 is 1.89 bits per heavy atom. The number of aryl methyl sites for hydroxylation is 1. The molecule has 0 spiro atoms. The minimum atomic E-state index is 0.226. The van der Waals surface area contributed by atoms with Gasteiger partial charge in [-0.2, -0.15) is 0 Å². The lowest BCUT2D eigenvalue weighted by Gasteiger charge is -2.30. The smallest absolute Gasteiger partial charge is 0.0830 e. The normalized spacial score (nSPS) is 12.9. The van der Waals surface area contributed by atoms with Gasteiger partial charge in [0.1, 0.15) is 7.85 Å². The second-order valence-electron chi connectivity index (χ2n) is 7.96. The van der Waals surface area contributed by atoms with E-state index in [-0.39, 0.29) is 5.41 Å². The zero-order chi connectivity index (χ0) is 14.3. The van der Waals surface area contributed by atoms with Crippen molar-refractivity contribution in [3.05, 3.63) is 28.3 Å². The van der Waals surface area contributed by atoms with Gasteiger partial charge in [0.15, 0.2) is 0 Å². The highest BCUT2D eigenvalue weighted by Gasteiger charge is 2.24. The lowest BCUT2D eigenvalue weighted by molar-refractivity contribution is 0.405.